The van der Waals surface area contributed by atoms with Crippen molar-refractivity contribution >= 4 is 205 Å². The van der Waals surface area contributed by atoms with Crippen molar-refractivity contribution in [2.24, 2.45) is 5.92 Å². The lowest BCUT2D eigenvalue weighted by molar-refractivity contribution is 0.0619. The second-order valence-corrected chi connectivity index (χ2v) is 39.9. The Morgan fingerprint density at radius 1 is 0.416 bits per heavy atom. The SMILES string of the molecule is CCNC(=S)N1CCc2c([nH]c3ccc(Cl)cc23)C1c1ccc(OC)cc1.CCOC(=O)N1CCc2c([nH]c3ccc(Br)cc23)C1c1cccc(Cl)c1Cl.CCOC(=O)N1CCc2c([nH]c3ccc(Cl)cc23)C1C1CCCCC1.COc1ccc(C2c3[nH]c4ccc(Cl)cc4c3CCN2C(=O)NC2CCCCC2)cc1.O=C(OCCCl)N1CCc2c([nH]c3ccc(Cl)cc23)C1c1cccc(Cl)c1. The van der Waals surface area contributed by atoms with E-state index >= 15 is 0 Å². The molecule has 5 aromatic heterocycles. The molecule has 9 aromatic carbocycles. The Hall–Kier alpha value is -10.2. The minimum atomic E-state index is -0.386. The van der Waals surface area contributed by atoms with Gasteiger partial charge in [0, 0.05) is 163 Å². The van der Waals surface area contributed by atoms with E-state index < -0.39 is 0 Å². The quantitative estimate of drug-likeness (QED) is 0.0325. The summed E-state index contributed by atoms with van der Waals surface area (Å²) >= 11 is 58.9. The maximum Gasteiger partial charge on any atom is 0.410 e. The Morgan fingerprint density at radius 2 is 0.810 bits per heavy atom. The van der Waals surface area contributed by atoms with E-state index in [1.165, 1.54) is 107 Å². The van der Waals surface area contributed by atoms with Gasteiger partial charge in [-0.05, 0) is 275 Å². The van der Waals surface area contributed by atoms with Crippen LogP contribution in [0.5, 0.6) is 11.5 Å². The van der Waals surface area contributed by atoms with Crippen LogP contribution in [0, 0.1) is 5.92 Å². The number of methoxy groups -OCH3 is 2. The van der Waals surface area contributed by atoms with Crippen molar-refractivity contribution in [2.45, 2.75) is 153 Å². The summed E-state index contributed by atoms with van der Waals surface area (Å²) in [6.07, 6.45) is 15.1. The zero-order chi connectivity index (χ0) is 95.8. The first-order chi connectivity index (χ1) is 66.5. The third kappa shape index (κ3) is 21.3. The van der Waals surface area contributed by atoms with Crippen molar-refractivity contribution in [3.8, 4) is 11.5 Å². The van der Waals surface area contributed by atoms with Crippen LogP contribution in [0.2, 0.25) is 35.2 Å². The van der Waals surface area contributed by atoms with Crippen molar-refractivity contribution in [2.75, 3.05) is 79.2 Å². The zero-order valence-corrected chi connectivity index (χ0v) is 85.2. The first kappa shape index (κ1) is 98.5. The summed E-state index contributed by atoms with van der Waals surface area (Å²) in [5.41, 5.74) is 20.9. The number of benzene rings is 9. The molecule has 7 N–H and O–H groups in total. The Kier molecular flexibility index (Phi) is 32.0. The van der Waals surface area contributed by atoms with Crippen LogP contribution in [0.3, 0.4) is 0 Å². The number of hydrogen-bond acceptors (Lipinski definition) is 10. The number of fused-ring (bicyclic) bond motifs is 15. The number of thiocarbonyl (C=S) groups is 1. The maximum absolute atomic E-state index is 13.4. The van der Waals surface area contributed by atoms with E-state index in [9.17, 15) is 19.2 Å². The van der Waals surface area contributed by atoms with E-state index in [-0.39, 0.29) is 73.0 Å². The van der Waals surface area contributed by atoms with E-state index in [0.29, 0.717) is 71.8 Å². The number of ether oxygens (including phenoxy) is 5. The summed E-state index contributed by atoms with van der Waals surface area (Å²) in [5.74, 6) is 2.42. The van der Waals surface area contributed by atoms with Crippen LogP contribution in [0.4, 0.5) is 19.2 Å². The molecule has 5 aliphatic heterocycles. The highest BCUT2D eigenvalue weighted by Crippen LogP contribution is 2.49. The Balaban J connectivity index is 0.000000119. The molecule has 5 amide bonds. The second kappa shape index (κ2) is 44.5. The van der Waals surface area contributed by atoms with Crippen molar-refractivity contribution < 1.29 is 42.9 Å². The van der Waals surface area contributed by atoms with Crippen LogP contribution in [0.1, 0.15) is 194 Å². The fraction of sp³-hybridized carbons (Fsp3) is 0.349. The molecule has 21 rings (SSSR count). The fourth-order valence-electron chi connectivity index (χ4n) is 21.0. The number of nitrogens with one attached hydrogen (secondary N) is 7. The molecule has 21 nitrogen and oxygen atoms in total. The molecule has 0 spiro atoms. The molecule has 0 bridgehead atoms. The maximum atomic E-state index is 13.4. The van der Waals surface area contributed by atoms with Gasteiger partial charge in [-0.1, -0.05) is 184 Å². The number of alkyl halides is 1. The number of nitrogens with zero attached hydrogens (tertiary/aromatic N) is 5. The van der Waals surface area contributed by atoms with Crippen molar-refractivity contribution in [3.63, 3.8) is 0 Å². The fourth-order valence-corrected chi connectivity index (χ4v) is 23.1. The van der Waals surface area contributed by atoms with Gasteiger partial charge in [0.25, 0.3) is 0 Å². The van der Waals surface area contributed by atoms with Crippen LogP contribution in [-0.4, -0.2) is 164 Å². The summed E-state index contributed by atoms with van der Waals surface area (Å²) in [6, 6.07) is 58.7. The van der Waals surface area contributed by atoms with Gasteiger partial charge in [0.2, 0.25) is 0 Å². The van der Waals surface area contributed by atoms with Gasteiger partial charge in [-0.2, -0.15) is 0 Å². The number of H-pyrrole nitrogens is 5. The third-order valence-corrected chi connectivity index (χ3v) is 30.3. The van der Waals surface area contributed by atoms with Crippen LogP contribution >= 0.6 is 121 Å². The first-order valence-electron chi connectivity index (χ1n) is 47.0. The van der Waals surface area contributed by atoms with Crippen molar-refractivity contribution in [3.05, 3.63) is 300 Å². The standard InChI is InChI=1S/C25H28ClN3O2.C21H22ClN3OS.C20H17BrCl2N2O2.C20H17Cl3N2O2.C20H25ClN2O2/c1-31-19-10-7-16(8-11-19)24-23-20(21-15-17(26)9-12-22(21)28-23)13-14-29(24)25(30)27-18-5-3-2-4-6-18;1-3-23-21(27)25-11-10-16-17-12-14(22)6-9-18(17)24-19(16)20(25)13-4-7-15(26-2)8-5-13;1-2-27-20(26)25-9-8-12-14-10-11(21)6-7-16(14)24-18(12)19(25)13-4-3-5-15(22)17(13)23;21-7-9-27-20(26)25-8-6-15-16-11-14(23)4-5-17(16)24-18(15)19(25)12-2-1-3-13(22)10-12;1-2-25-20(24)23-11-10-15-16-12-14(21)8-9-17(16)22-18(15)19(23)13-6-4-3-5-7-13/h7-12,15,18,24,28H,2-6,13-14H2,1H3,(H,27,30);4-9,12,20,24H,3,10-11H2,1-2H3,(H,23,27);3-7,10,19,24H,2,8-9H2,1H3;1-5,10-11,19,24H,6-9H2;8-9,12-13,19,22H,2-7,10-11H2,1H3. The molecule has 0 radical (unpaired) electrons. The number of rotatable bonds is 13. The number of urea groups is 1. The van der Waals surface area contributed by atoms with Crippen LogP contribution in [0.25, 0.3) is 54.5 Å². The zero-order valence-electron chi connectivity index (χ0n) is 76.8. The Morgan fingerprint density at radius 3 is 1.28 bits per heavy atom. The monoisotopic (exact) mass is 2080 g/mol. The molecule has 2 saturated carbocycles. The van der Waals surface area contributed by atoms with E-state index in [1.807, 2.05) is 156 Å². The molecular formula is C106H109BrCl8N12O9S. The summed E-state index contributed by atoms with van der Waals surface area (Å²) in [6.45, 7) is 10.8. The number of halogens is 9. The van der Waals surface area contributed by atoms with Crippen molar-refractivity contribution in [1.82, 2.24) is 60.1 Å². The number of hydrogen-bond donors (Lipinski definition) is 7. The molecule has 31 heteroatoms. The summed E-state index contributed by atoms with van der Waals surface area (Å²) in [5, 5.41) is 17.6. The van der Waals surface area contributed by atoms with Gasteiger partial charge in [-0.15, -0.1) is 11.6 Å². The van der Waals surface area contributed by atoms with E-state index in [2.05, 4.69) is 99.7 Å². The number of aromatic nitrogens is 5. The molecule has 5 atom stereocenters. The molecule has 2 aliphatic carbocycles. The van der Waals surface area contributed by atoms with Gasteiger partial charge in [-0.25, -0.2) is 19.2 Å². The minimum absolute atomic E-state index is 0.0232. The first-order valence-corrected chi connectivity index (χ1v) is 51.4. The molecule has 14 aromatic rings. The lowest BCUT2D eigenvalue weighted by Crippen LogP contribution is -2.49. The molecule has 716 valence electrons. The van der Waals surface area contributed by atoms with E-state index in [0.717, 1.165) is 165 Å². The van der Waals surface area contributed by atoms with Gasteiger partial charge in [-0.3, -0.25) is 14.7 Å². The number of amides is 5. The third-order valence-electron chi connectivity index (χ3n) is 27.2. The average molecular weight is 2090 g/mol. The molecule has 5 unspecified atom stereocenters. The number of aromatic amines is 5. The predicted molar refractivity (Wildman–Crippen MR) is 560 cm³/mol. The normalized spacial score (nSPS) is 17.9. The van der Waals surface area contributed by atoms with Crippen LogP contribution in [0.15, 0.2) is 186 Å². The van der Waals surface area contributed by atoms with Gasteiger partial charge >= 0.3 is 24.3 Å². The number of carbonyl (C=O) groups excluding carboxylic acids is 4. The van der Waals surface area contributed by atoms with Gasteiger partial charge < -0.3 is 69.0 Å². The minimum Gasteiger partial charge on any atom is -0.497 e. The Labute approximate surface area is 850 Å². The molecule has 10 heterocycles. The summed E-state index contributed by atoms with van der Waals surface area (Å²) in [4.78, 5) is 78.8. The highest BCUT2D eigenvalue weighted by molar-refractivity contribution is 9.10. The van der Waals surface area contributed by atoms with E-state index in [1.54, 1.807) is 37.0 Å². The highest BCUT2D eigenvalue weighted by Gasteiger charge is 2.43. The van der Waals surface area contributed by atoms with Gasteiger partial charge in [0.1, 0.15) is 30.2 Å². The topological polar surface area (TPSA) is 234 Å². The number of carbonyl (C=O) groups is 4. The van der Waals surface area contributed by atoms with Crippen LogP contribution < -0.4 is 20.1 Å². The lowest BCUT2D eigenvalue weighted by Gasteiger charge is -2.41. The molecular weight excluding hydrogens is 1980 g/mol. The average Bonchev–Trinajstić information content (AvgIpc) is 1.64. The van der Waals surface area contributed by atoms with E-state index in [4.69, 9.17) is 129 Å². The lowest BCUT2D eigenvalue weighted by atomic mass is 9.79. The van der Waals surface area contributed by atoms with Gasteiger partial charge in [0.15, 0.2) is 5.11 Å². The molecule has 2 fully saturated rings. The summed E-state index contributed by atoms with van der Waals surface area (Å²) < 4.78 is 27.7. The summed E-state index contributed by atoms with van der Waals surface area (Å²) in [7, 11) is 3.35. The largest absolute Gasteiger partial charge is 0.497 e. The highest BCUT2D eigenvalue weighted by atomic mass is 79.9. The molecule has 7 aliphatic rings. The van der Waals surface area contributed by atoms with Crippen LogP contribution in [-0.2, 0) is 46.3 Å². The molecule has 137 heavy (non-hydrogen) atoms. The second-order valence-electron chi connectivity index (χ2n) is 35.3. The van der Waals surface area contributed by atoms with Crippen molar-refractivity contribution in [1.29, 1.82) is 0 Å². The van der Waals surface area contributed by atoms with Gasteiger partial charge in [0.05, 0.1) is 61.5 Å². The Bertz CT molecular complexity index is 6730. The smallest absolute Gasteiger partial charge is 0.410 e. The predicted octanol–water partition coefficient (Wildman–Crippen LogP) is 28.1. The molecule has 0 saturated heterocycles.